The number of aryl methyl sites for hydroxylation is 2. The summed E-state index contributed by atoms with van der Waals surface area (Å²) >= 11 is 0. The topological polar surface area (TPSA) is 86.2 Å². The molecule has 3 heterocycles. The second-order valence-corrected chi connectivity index (χ2v) is 6.01. The van der Waals surface area contributed by atoms with Crippen molar-refractivity contribution >= 4 is 23.0 Å². The molecular weight excluding hydrogens is 335 g/mol. The molecule has 1 unspecified atom stereocenters. The van der Waals surface area contributed by atoms with E-state index in [1.165, 1.54) is 11.1 Å². The number of anilines is 4. The molecule has 4 rings (SSSR count). The minimum Gasteiger partial charge on any atom is -0.372 e. The normalized spacial score (nSPS) is 15.8. The molecule has 0 fully saturated rings. The van der Waals surface area contributed by atoms with Gasteiger partial charge in [-0.1, -0.05) is 12.1 Å². The first kappa shape index (κ1) is 16.4. The molecule has 8 heteroatoms. The lowest BCUT2D eigenvalue weighted by Crippen LogP contribution is -2.30. The van der Waals surface area contributed by atoms with E-state index in [9.17, 15) is 9.50 Å². The van der Waals surface area contributed by atoms with E-state index in [1.807, 2.05) is 19.9 Å². The van der Waals surface area contributed by atoms with Crippen molar-refractivity contribution in [1.29, 1.82) is 0 Å². The van der Waals surface area contributed by atoms with Gasteiger partial charge in [0.05, 0.1) is 11.4 Å². The number of para-hydroxylation sites is 1. The summed E-state index contributed by atoms with van der Waals surface area (Å²) in [5.74, 6) is 1.40. The Bertz CT molecular complexity index is 959. The molecule has 0 saturated carbocycles. The number of halogens is 1. The van der Waals surface area contributed by atoms with Crippen LogP contribution < -0.4 is 15.8 Å². The van der Waals surface area contributed by atoms with Crippen LogP contribution in [0.2, 0.25) is 0 Å². The number of rotatable bonds is 3. The van der Waals surface area contributed by atoms with Gasteiger partial charge < -0.3 is 10.4 Å². The quantitative estimate of drug-likeness (QED) is 0.668. The summed E-state index contributed by atoms with van der Waals surface area (Å²) in [6, 6.07) is 9.90. The van der Waals surface area contributed by atoms with Gasteiger partial charge in [0.1, 0.15) is 23.3 Å². The zero-order chi connectivity index (χ0) is 18.3. The first-order valence-corrected chi connectivity index (χ1v) is 8.09. The standard InChI is InChI=1S/C18H17FN6O/c1-10-7-17(22-11(2)21-10)23-16-8-15-12(9-20-16)18(26)24-25(15)14-6-4-3-5-13(14)19/h3-9,18,24,26H,1-2H3,(H,20,21,22,23). The van der Waals surface area contributed by atoms with E-state index in [-0.39, 0.29) is 0 Å². The highest BCUT2D eigenvalue weighted by atomic mass is 19.1. The van der Waals surface area contributed by atoms with Crippen LogP contribution in [0.1, 0.15) is 23.3 Å². The van der Waals surface area contributed by atoms with E-state index < -0.39 is 12.0 Å². The van der Waals surface area contributed by atoms with Gasteiger partial charge >= 0.3 is 0 Å². The molecule has 2 aromatic heterocycles. The van der Waals surface area contributed by atoms with Crippen LogP contribution in [0.15, 0.2) is 42.6 Å². The van der Waals surface area contributed by atoms with Crippen LogP contribution in [0.3, 0.4) is 0 Å². The average molecular weight is 352 g/mol. The zero-order valence-corrected chi connectivity index (χ0v) is 14.2. The molecule has 1 aliphatic heterocycles. The highest BCUT2D eigenvalue weighted by Crippen LogP contribution is 2.38. The summed E-state index contributed by atoms with van der Waals surface area (Å²) in [5.41, 5.74) is 5.17. The predicted molar refractivity (Wildman–Crippen MR) is 95.7 cm³/mol. The maximum atomic E-state index is 14.2. The van der Waals surface area contributed by atoms with Crippen LogP contribution in [0.4, 0.5) is 27.4 Å². The molecule has 0 aliphatic carbocycles. The summed E-state index contributed by atoms with van der Waals surface area (Å²) in [6.07, 6.45) is 0.589. The number of nitrogens with zero attached hydrogens (tertiary/aromatic N) is 4. The first-order valence-electron chi connectivity index (χ1n) is 8.09. The molecule has 0 amide bonds. The number of hydrogen-bond donors (Lipinski definition) is 3. The lowest BCUT2D eigenvalue weighted by atomic mass is 10.2. The largest absolute Gasteiger partial charge is 0.372 e. The monoisotopic (exact) mass is 352 g/mol. The summed E-state index contributed by atoms with van der Waals surface area (Å²) in [6.45, 7) is 3.70. The number of pyridine rings is 1. The van der Waals surface area contributed by atoms with E-state index in [2.05, 4.69) is 25.7 Å². The van der Waals surface area contributed by atoms with Gasteiger partial charge in [0, 0.05) is 29.6 Å². The fourth-order valence-corrected chi connectivity index (χ4v) is 2.93. The van der Waals surface area contributed by atoms with Crippen LogP contribution in [0.25, 0.3) is 0 Å². The molecule has 1 aliphatic rings. The Morgan fingerprint density at radius 3 is 2.69 bits per heavy atom. The molecular formula is C18H17FN6O. The third kappa shape index (κ3) is 2.96. The minimum atomic E-state index is -0.963. The molecule has 132 valence electrons. The van der Waals surface area contributed by atoms with Crippen molar-refractivity contribution in [2.45, 2.75) is 20.1 Å². The van der Waals surface area contributed by atoms with Crippen LogP contribution in [0.5, 0.6) is 0 Å². The molecule has 7 nitrogen and oxygen atoms in total. The number of hydrogen-bond acceptors (Lipinski definition) is 7. The Balaban J connectivity index is 1.71. The number of hydrazine groups is 1. The van der Waals surface area contributed by atoms with Crippen LogP contribution >= 0.6 is 0 Å². The number of fused-ring (bicyclic) bond motifs is 1. The fourth-order valence-electron chi connectivity index (χ4n) is 2.93. The fraction of sp³-hybridized carbons (Fsp3) is 0.167. The Morgan fingerprint density at radius 2 is 1.92 bits per heavy atom. The number of benzene rings is 1. The van der Waals surface area contributed by atoms with Crippen molar-refractivity contribution in [1.82, 2.24) is 20.4 Å². The van der Waals surface area contributed by atoms with E-state index >= 15 is 0 Å². The third-order valence-corrected chi connectivity index (χ3v) is 4.01. The third-order valence-electron chi connectivity index (χ3n) is 4.01. The van der Waals surface area contributed by atoms with E-state index in [0.29, 0.717) is 34.4 Å². The first-order chi connectivity index (χ1) is 12.5. The van der Waals surface area contributed by atoms with Crippen molar-refractivity contribution in [3.8, 4) is 0 Å². The molecule has 0 radical (unpaired) electrons. The molecule has 3 aromatic rings. The van der Waals surface area contributed by atoms with Gasteiger partial charge in [-0.05, 0) is 26.0 Å². The second-order valence-electron chi connectivity index (χ2n) is 6.01. The number of nitrogens with one attached hydrogen (secondary N) is 2. The average Bonchev–Trinajstić information content (AvgIpc) is 2.90. The van der Waals surface area contributed by atoms with Crippen LogP contribution in [-0.4, -0.2) is 20.1 Å². The summed E-state index contributed by atoms with van der Waals surface area (Å²) in [7, 11) is 0. The highest BCUT2D eigenvalue weighted by molar-refractivity contribution is 5.72. The molecule has 1 aromatic carbocycles. The van der Waals surface area contributed by atoms with Crippen LogP contribution in [-0.2, 0) is 0 Å². The van der Waals surface area contributed by atoms with Crippen molar-refractivity contribution in [2.24, 2.45) is 0 Å². The van der Waals surface area contributed by atoms with E-state index in [1.54, 1.807) is 30.5 Å². The lowest BCUT2D eigenvalue weighted by Gasteiger charge is -2.20. The molecule has 0 spiro atoms. The van der Waals surface area contributed by atoms with Gasteiger partial charge in [-0.25, -0.2) is 19.3 Å². The number of aromatic nitrogens is 3. The minimum absolute atomic E-state index is 0.316. The lowest BCUT2D eigenvalue weighted by molar-refractivity contribution is 0.152. The van der Waals surface area contributed by atoms with Crippen molar-refractivity contribution in [3.63, 3.8) is 0 Å². The molecule has 0 bridgehead atoms. The van der Waals surface area contributed by atoms with Gasteiger partial charge in [-0.15, -0.1) is 0 Å². The van der Waals surface area contributed by atoms with E-state index in [4.69, 9.17) is 0 Å². The molecule has 1 atom stereocenters. The summed E-state index contributed by atoms with van der Waals surface area (Å²) in [4.78, 5) is 12.9. The van der Waals surface area contributed by atoms with Gasteiger partial charge in [0.2, 0.25) is 0 Å². The summed E-state index contributed by atoms with van der Waals surface area (Å²) in [5, 5.41) is 14.8. The van der Waals surface area contributed by atoms with Crippen molar-refractivity contribution in [2.75, 3.05) is 10.3 Å². The van der Waals surface area contributed by atoms with Crippen molar-refractivity contribution < 1.29 is 9.50 Å². The molecule has 26 heavy (non-hydrogen) atoms. The molecule has 0 saturated heterocycles. The van der Waals surface area contributed by atoms with Gasteiger partial charge in [-0.2, -0.15) is 5.43 Å². The van der Waals surface area contributed by atoms with Crippen molar-refractivity contribution in [3.05, 3.63) is 65.5 Å². The smallest absolute Gasteiger partial charge is 0.151 e. The zero-order valence-electron chi connectivity index (χ0n) is 14.2. The second kappa shape index (κ2) is 6.32. The SMILES string of the molecule is Cc1cc(Nc2cc3c(cn2)C(O)NN3c2ccccc2F)nc(C)n1. The van der Waals surface area contributed by atoms with Crippen LogP contribution in [0, 0.1) is 19.7 Å². The Morgan fingerprint density at radius 1 is 1.12 bits per heavy atom. The Kier molecular flexibility index (Phi) is 3.98. The predicted octanol–water partition coefficient (Wildman–Crippen LogP) is 3.02. The van der Waals surface area contributed by atoms with Gasteiger partial charge in [0.25, 0.3) is 0 Å². The number of aliphatic hydroxyl groups excluding tert-OH is 1. The van der Waals surface area contributed by atoms with Gasteiger partial charge in [0.15, 0.2) is 6.23 Å². The van der Waals surface area contributed by atoms with Gasteiger partial charge in [-0.3, -0.25) is 5.01 Å². The Hall–Kier alpha value is -3.10. The maximum absolute atomic E-state index is 14.2. The summed E-state index contributed by atoms with van der Waals surface area (Å²) < 4.78 is 14.2. The number of aliphatic hydroxyl groups is 1. The molecule has 3 N–H and O–H groups in total. The highest BCUT2D eigenvalue weighted by Gasteiger charge is 2.30. The Labute approximate surface area is 149 Å². The van der Waals surface area contributed by atoms with E-state index in [0.717, 1.165) is 5.69 Å². The maximum Gasteiger partial charge on any atom is 0.151 e.